The Labute approximate surface area is 143 Å². The number of hydrogen-bond acceptors (Lipinski definition) is 3. The summed E-state index contributed by atoms with van der Waals surface area (Å²) in [5, 5.41) is 0. The molecule has 24 heavy (non-hydrogen) atoms. The lowest BCUT2D eigenvalue weighted by Gasteiger charge is -2.09. The summed E-state index contributed by atoms with van der Waals surface area (Å²) >= 11 is 0. The number of rotatable bonds is 6. The van der Waals surface area contributed by atoms with E-state index < -0.39 is 10.0 Å². The van der Waals surface area contributed by atoms with Gasteiger partial charge in [-0.2, -0.15) is 0 Å². The predicted molar refractivity (Wildman–Crippen MR) is 96.2 cm³/mol. The van der Waals surface area contributed by atoms with E-state index in [4.69, 9.17) is 0 Å². The molecule has 0 bridgehead atoms. The first kappa shape index (κ1) is 18.1. The van der Waals surface area contributed by atoms with E-state index in [-0.39, 0.29) is 17.2 Å². The normalized spacial score (nSPS) is 12.2. The van der Waals surface area contributed by atoms with Gasteiger partial charge in [0.15, 0.2) is 5.78 Å². The first-order valence-corrected chi connectivity index (χ1v) is 9.11. The summed E-state index contributed by atoms with van der Waals surface area (Å²) in [7, 11) is -3.65. The molecule has 0 unspecified atom stereocenters. The summed E-state index contributed by atoms with van der Waals surface area (Å²) in [5.74, 6) is -0.165. The second-order valence-corrected chi connectivity index (χ2v) is 7.54. The van der Waals surface area contributed by atoms with Crippen LogP contribution in [0.25, 0.3) is 6.08 Å². The maximum Gasteiger partial charge on any atom is 0.240 e. The van der Waals surface area contributed by atoms with Crippen LogP contribution in [0.15, 0.2) is 59.0 Å². The Morgan fingerprint density at radius 1 is 0.958 bits per heavy atom. The Morgan fingerprint density at radius 2 is 1.46 bits per heavy atom. The van der Waals surface area contributed by atoms with Gasteiger partial charge in [-0.1, -0.05) is 47.5 Å². The minimum Gasteiger partial charge on any atom is -0.295 e. The maximum atomic E-state index is 12.3. The van der Waals surface area contributed by atoms with E-state index in [1.54, 1.807) is 30.3 Å². The number of aryl methyl sites for hydroxylation is 2. The van der Waals surface area contributed by atoms with Crippen LogP contribution in [0.3, 0.4) is 0 Å². The smallest absolute Gasteiger partial charge is 0.240 e. The molecule has 126 valence electrons. The summed E-state index contributed by atoms with van der Waals surface area (Å²) in [6.45, 7) is 5.26. The van der Waals surface area contributed by atoms with Crippen LogP contribution >= 0.6 is 0 Å². The van der Waals surface area contributed by atoms with E-state index in [2.05, 4.69) is 4.72 Å². The number of ketones is 1. The van der Waals surface area contributed by atoms with Crippen molar-refractivity contribution >= 4 is 21.9 Å². The molecule has 0 spiro atoms. The Balaban J connectivity index is 2.18. The van der Waals surface area contributed by atoms with Crippen LogP contribution in [0.5, 0.6) is 0 Å². The zero-order valence-electron chi connectivity index (χ0n) is 14.0. The van der Waals surface area contributed by atoms with Gasteiger partial charge in [-0.15, -0.1) is 0 Å². The van der Waals surface area contributed by atoms with E-state index in [0.29, 0.717) is 5.57 Å². The molecule has 4 nitrogen and oxygen atoms in total. The highest BCUT2D eigenvalue weighted by Crippen LogP contribution is 2.12. The van der Waals surface area contributed by atoms with Crippen LogP contribution in [0.4, 0.5) is 0 Å². The average molecular weight is 343 g/mol. The summed E-state index contributed by atoms with van der Waals surface area (Å²) in [6.07, 6.45) is 1.71. The Hall–Kier alpha value is -2.24. The average Bonchev–Trinajstić information content (AvgIpc) is 2.53. The molecule has 0 aromatic heterocycles. The Bertz CT molecular complexity index is 848. The third-order valence-electron chi connectivity index (χ3n) is 3.65. The summed E-state index contributed by atoms with van der Waals surface area (Å²) in [6, 6.07) is 14.3. The number of benzene rings is 2. The second-order valence-electron chi connectivity index (χ2n) is 5.77. The Kier molecular flexibility index (Phi) is 5.70. The standard InChI is InChI=1S/C19H21NO3S/c1-14-4-8-17(9-5-14)12-18(16(3)21)13-20-24(22,23)19-10-6-15(2)7-11-19/h4-12,20H,13H2,1-3H3/b18-12-. The first-order valence-electron chi connectivity index (χ1n) is 7.62. The molecule has 2 aromatic carbocycles. The lowest BCUT2D eigenvalue weighted by molar-refractivity contribution is -0.113. The number of hydrogen-bond donors (Lipinski definition) is 1. The zero-order chi connectivity index (χ0) is 17.7. The van der Waals surface area contributed by atoms with Crippen LogP contribution in [0.2, 0.25) is 0 Å². The van der Waals surface area contributed by atoms with Gasteiger partial charge in [-0.3, -0.25) is 4.79 Å². The monoisotopic (exact) mass is 343 g/mol. The predicted octanol–water partition coefficient (Wildman–Crippen LogP) is 3.25. The van der Waals surface area contributed by atoms with Crippen LogP contribution in [0.1, 0.15) is 23.6 Å². The molecule has 0 aliphatic heterocycles. The molecule has 0 aliphatic rings. The fraction of sp³-hybridized carbons (Fsp3) is 0.211. The number of carbonyl (C=O) groups is 1. The molecule has 0 fully saturated rings. The third-order valence-corrected chi connectivity index (χ3v) is 5.07. The largest absolute Gasteiger partial charge is 0.295 e. The topological polar surface area (TPSA) is 63.2 Å². The molecule has 5 heteroatoms. The molecule has 2 rings (SSSR count). The molecule has 0 saturated heterocycles. The zero-order valence-corrected chi connectivity index (χ0v) is 14.9. The molecule has 0 atom stereocenters. The van der Waals surface area contributed by atoms with Crippen molar-refractivity contribution in [3.8, 4) is 0 Å². The van der Waals surface area contributed by atoms with E-state index in [1.165, 1.54) is 6.92 Å². The van der Waals surface area contributed by atoms with Crippen molar-refractivity contribution in [1.29, 1.82) is 0 Å². The molecule has 0 amide bonds. The molecule has 0 radical (unpaired) electrons. The van der Waals surface area contributed by atoms with E-state index >= 15 is 0 Å². The molecule has 0 saturated carbocycles. The van der Waals surface area contributed by atoms with Crippen molar-refractivity contribution in [1.82, 2.24) is 4.72 Å². The quantitative estimate of drug-likeness (QED) is 0.819. The fourth-order valence-corrected chi connectivity index (χ4v) is 3.12. The second kappa shape index (κ2) is 7.55. The number of sulfonamides is 1. The van der Waals surface area contributed by atoms with Crippen LogP contribution < -0.4 is 4.72 Å². The van der Waals surface area contributed by atoms with Crippen LogP contribution in [0, 0.1) is 13.8 Å². The minimum absolute atomic E-state index is 0.0422. The first-order chi connectivity index (χ1) is 11.3. The summed E-state index contributed by atoms with van der Waals surface area (Å²) in [5.41, 5.74) is 3.38. The number of Topliss-reactive ketones (excluding diaryl/α,β-unsaturated/α-hetero) is 1. The summed E-state index contributed by atoms with van der Waals surface area (Å²) in [4.78, 5) is 12.0. The van der Waals surface area contributed by atoms with E-state index in [0.717, 1.165) is 16.7 Å². The van der Waals surface area contributed by atoms with E-state index in [9.17, 15) is 13.2 Å². The summed E-state index contributed by atoms with van der Waals surface area (Å²) < 4.78 is 27.1. The highest BCUT2D eigenvalue weighted by atomic mass is 32.2. The molecular weight excluding hydrogens is 322 g/mol. The van der Waals surface area contributed by atoms with Gasteiger partial charge in [-0.05, 0) is 44.5 Å². The van der Waals surface area contributed by atoms with Gasteiger partial charge < -0.3 is 0 Å². The van der Waals surface area contributed by atoms with Gasteiger partial charge in [0.25, 0.3) is 0 Å². The van der Waals surface area contributed by atoms with Gasteiger partial charge in [0.05, 0.1) is 4.90 Å². The highest BCUT2D eigenvalue weighted by Gasteiger charge is 2.15. The third kappa shape index (κ3) is 4.88. The van der Waals surface area contributed by atoms with E-state index in [1.807, 2.05) is 38.1 Å². The molecular formula is C19H21NO3S. The number of nitrogens with one attached hydrogen (secondary N) is 1. The van der Waals surface area contributed by atoms with Gasteiger partial charge in [-0.25, -0.2) is 13.1 Å². The SMILES string of the molecule is CC(=O)/C(=C\c1ccc(C)cc1)CNS(=O)(=O)c1ccc(C)cc1. The lowest BCUT2D eigenvalue weighted by atomic mass is 10.1. The van der Waals surface area contributed by atoms with Crippen molar-refractivity contribution in [2.45, 2.75) is 25.7 Å². The number of carbonyl (C=O) groups excluding carboxylic acids is 1. The fourth-order valence-electron chi connectivity index (χ4n) is 2.11. The van der Waals surface area contributed by atoms with Crippen LogP contribution in [-0.2, 0) is 14.8 Å². The van der Waals surface area contributed by atoms with Crippen molar-refractivity contribution in [3.05, 3.63) is 70.8 Å². The minimum atomic E-state index is -3.65. The van der Waals surface area contributed by atoms with Crippen molar-refractivity contribution in [3.63, 3.8) is 0 Å². The van der Waals surface area contributed by atoms with Crippen molar-refractivity contribution in [2.75, 3.05) is 6.54 Å². The van der Waals surface area contributed by atoms with Gasteiger partial charge >= 0.3 is 0 Å². The molecule has 1 N–H and O–H groups in total. The highest BCUT2D eigenvalue weighted by molar-refractivity contribution is 7.89. The van der Waals surface area contributed by atoms with Crippen molar-refractivity contribution in [2.24, 2.45) is 0 Å². The Morgan fingerprint density at radius 3 is 1.96 bits per heavy atom. The maximum absolute atomic E-state index is 12.3. The molecule has 0 aliphatic carbocycles. The molecule has 2 aromatic rings. The van der Waals surface area contributed by atoms with Crippen LogP contribution in [-0.4, -0.2) is 20.7 Å². The van der Waals surface area contributed by atoms with Gasteiger partial charge in [0.1, 0.15) is 0 Å². The van der Waals surface area contributed by atoms with Crippen molar-refractivity contribution < 1.29 is 13.2 Å². The lowest BCUT2D eigenvalue weighted by Crippen LogP contribution is -2.27. The van der Waals surface area contributed by atoms with Gasteiger partial charge in [0, 0.05) is 12.1 Å². The molecule has 0 heterocycles. The van der Waals surface area contributed by atoms with Gasteiger partial charge in [0.2, 0.25) is 10.0 Å².